The second-order valence-electron chi connectivity index (χ2n) is 7.38. The number of aliphatic carboxylic acids is 2. The van der Waals surface area contributed by atoms with Gasteiger partial charge in [-0.25, -0.2) is 9.59 Å². The van der Waals surface area contributed by atoms with Gasteiger partial charge in [0.1, 0.15) is 0 Å². The van der Waals surface area contributed by atoms with Crippen LogP contribution in [0.4, 0.5) is 0 Å². The number of rotatable bonds is 4. The Morgan fingerprint density at radius 1 is 1.16 bits per heavy atom. The van der Waals surface area contributed by atoms with Crippen molar-refractivity contribution >= 4 is 11.9 Å². The molecule has 0 aromatic carbocycles. The van der Waals surface area contributed by atoms with Crippen LogP contribution in [-0.4, -0.2) is 45.6 Å². The van der Waals surface area contributed by atoms with E-state index in [0.29, 0.717) is 13.2 Å². The molecule has 25 heavy (non-hydrogen) atoms. The van der Waals surface area contributed by atoms with Gasteiger partial charge in [-0.15, -0.1) is 0 Å². The van der Waals surface area contributed by atoms with Crippen LogP contribution in [0.25, 0.3) is 0 Å². The van der Waals surface area contributed by atoms with E-state index in [9.17, 15) is 19.8 Å². The van der Waals surface area contributed by atoms with Crippen LogP contribution in [0.1, 0.15) is 45.4 Å². The first-order valence-corrected chi connectivity index (χ1v) is 8.65. The first-order chi connectivity index (χ1) is 11.7. The molecule has 0 spiro atoms. The third-order valence-electron chi connectivity index (χ3n) is 6.24. The second-order valence-corrected chi connectivity index (χ2v) is 7.38. The van der Waals surface area contributed by atoms with Crippen LogP contribution in [0.15, 0.2) is 24.8 Å². The lowest BCUT2D eigenvalue weighted by Crippen LogP contribution is -2.45. The number of hydrogen-bond donors (Lipinski definition) is 4. The molecule has 0 radical (unpaired) electrons. The van der Waals surface area contributed by atoms with Crippen LogP contribution in [0.3, 0.4) is 0 Å². The van der Waals surface area contributed by atoms with Gasteiger partial charge in [0, 0.05) is 35.7 Å². The van der Waals surface area contributed by atoms with Gasteiger partial charge in [-0.1, -0.05) is 19.6 Å². The summed E-state index contributed by atoms with van der Waals surface area (Å²) in [6.07, 6.45) is 8.20. The van der Waals surface area contributed by atoms with Gasteiger partial charge in [-0.2, -0.15) is 0 Å². The number of hydrogen-bond acceptors (Lipinski definition) is 4. The molecule has 2 bridgehead atoms. The van der Waals surface area contributed by atoms with Gasteiger partial charge in [0.05, 0.1) is 0 Å². The lowest BCUT2D eigenvalue weighted by molar-refractivity contribution is -0.133. The minimum absolute atomic E-state index is 0.105. The molecule has 142 valence electrons. The van der Waals surface area contributed by atoms with E-state index < -0.39 is 11.9 Å². The molecule has 3 saturated carbocycles. The fraction of sp³-hybridized carbons (Fsp3) is 0.684. The monoisotopic (exact) mass is 354 g/mol. The van der Waals surface area contributed by atoms with E-state index >= 15 is 0 Å². The van der Waals surface area contributed by atoms with Crippen molar-refractivity contribution in [3.8, 4) is 0 Å². The Balaban J connectivity index is 0.000000240. The van der Waals surface area contributed by atoms with Gasteiger partial charge >= 0.3 is 11.9 Å². The summed E-state index contributed by atoms with van der Waals surface area (Å²) in [6.45, 7) is 8.18. The summed E-state index contributed by atoms with van der Waals surface area (Å²) >= 11 is 0. The SMILES string of the molecule is C=C(C)C(=O)O.C=CC(=O)O.OCC12CCC(C1)C1CCCC12CO. The molecule has 0 aliphatic heterocycles. The number of aliphatic hydroxyl groups excluding tert-OH is 2. The number of fused-ring (bicyclic) bond motifs is 5. The maximum atomic E-state index is 9.73. The molecule has 3 aliphatic rings. The maximum Gasteiger partial charge on any atom is 0.330 e. The van der Waals surface area contributed by atoms with Gasteiger partial charge in [-0.05, 0) is 50.9 Å². The molecule has 6 heteroatoms. The molecule has 3 rings (SSSR count). The molecule has 4 N–H and O–H groups in total. The van der Waals surface area contributed by atoms with Gasteiger partial charge in [-0.3, -0.25) is 0 Å². The van der Waals surface area contributed by atoms with E-state index in [-0.39, 0.29) is 16.4 Å². The van der Waals surface area contributed by atoms with Crippen molar-refractivity contribution in [2.45, 2.75) is 45.4 Å². The first kappa shape index (κ1) is 21.4. The number of aliphatic hydroxyl groups is 2. The molecule has 0 aromatic heterocycles. The van der Waals surface area contributed by atoms with Crippen LogP contribution in [0.5, 0.6) is 0 Å². The Morgan fingerprint density at radius 2 is 1.72 bits per heavy atom. The quantitative estimate of drug-likeness (QED) is 0.577. The van der Waals surface area contributed by atoms with E-state index in [0.717, 1.165) is 30.8 Å². The van der Waals surface area contributed by atoms with Crippen molar-refractivity contribution in [2.24, 2.45) is 22.7 Å². The van der Waals surface area contributed by atoms with Gasteiger partial charge in [0.2, 0.25) is 0 Å². The smallest absolute Gasteiger partial charge is 0.330 e. The van der Waals surface area contributed by atoms with Crippen molar-refractivity contribution in [3.05, 3.63) is 24.8 Å². The molecule has 0 amide bonds. The highest BCUT2D eigenvalue weighted by Gasteiger charge is 2.67. The molecule has 0 aromatic rings. The number of carbonyl (C=O) groups is 2. The minimum Gasteiger partial charge on any atom is -0.478 e. The van der Waals surface area contributed by atoms with E-state index in [4.69, 9.17) is 10.2 Å². The normalized spacial score (nSPS) is 34.0. The van der Waals surface area contributed by atoms with Crippen molar-refractivity contribution < 1.29 is 30.0 Å². The minimum atomic E-state index is -0.981. The summed E-state index contributed by atoms with van der Waals surface area (Å²) in [5.41, 5.74) is 0.396. The fourth-order valence-corrected chi connectivity index (χ4v) is 5.07. The summed E-state index contributed by atoms with van der Waals surface area (Å²) in [4.78, 5) is 18.8. The molecule has 3 aliphatic carbocycles. The van der Waals surface area contributed by atoms with Crippen molar-refractivity contribution in [1.29, 1.82) is 0 Å². The van der Waals surface area contributed by atoms with Crippen LogP contribution in [0.2, 0.25) is 0 Å². The van der Waals surface area contributed by atoms with E-state index in [1.54, 1.807) is 0 Å². The van der Waals surface area contributed by atoms with Crippen LogP contribution >= 0.6 is 0 Å². The predicted molar refractivity (Wildman–Crippen MR) is 94.0 cm³/mol. The Morgan fingerprint density at radius 3 is 2.12 bits per heavy atom. The zero-order valence-electron chi connectivity index (χ0n) is 14.9. The Bertz CT molecular complexity index is 516. The summed E-state index contributed by atoms with van der Waals surface area (Å²) in [5, 5.41) is 34.9. The van der Waals surface area contributed by atoms with Gasteiger partial charge in [0.25, 0.3) is 0 Å². The Labute approximate surface area is 148 Å². The van der Waals surface area contributed by atoms with E-state index in [1.165, 1.54) is 32.6 Å². The van der Waals surface area contributed by atoms with Gasteiger partial charge < -0.3 is 20.4 Å². The predicted octanol–water partition coefficient (Wildman–Crippen LogP) is 2.46. The van der Waals surface area contributed by atoms with Crippen LogP contribution in [-0.2, 0) is 9.59 Å². The topological polar surface area (TPSA) is 115 Å². The molecule has 0 saturated heterocycles. The average Bonchev–Trinajstić information content (AvgIpc) is 3.26. The molecule has 4 atom stereocenters. The van der Waals surface area contributed by atoms with Crippen LogP contribution in [0, 0.1) is 22.7 Å². The summed E-state index contributed by atoms with van der Waals surface area (Å²) in [7, 11) is 0. The number of carboxylic acids is 2. The lowest BCUT2D eigenvalue weighted by atomic mass is 9.60. The van der Waals surface area contributed by atoms with Crippen molar-refractivity contribution in [2.75, 3.05) is 13.2 Å². The van der Waals surface area contributed by atoms with Gasteiger partial charge in [0.15, 0.2) is 0 Å². The van der Waals surface area contributed by atoms with Crippen molar-refractivity contribution in [3.63, 3.8) is 0 Å². The standard InChI is InChI=1S/C12H20O2.C4H6O2.C3H4O2/c13-7-11-5-3-9(6-11)10-2-1-4-12(10,11)8-14;1-3(2)4(5)6;1-2-3(4)5/h9-10,13-14H,1-8H2;1H2,2H3,(H,5,6);2H,1H2,(H,4,5). The van der Waals surface area contributed by atoms with E-state index in [1.807, 2.05) is 0 Å². The Kier molecular flexibility index (Phi) is 7.38. The zero-order chi connectivity index (χ0) is 19.3. The maximum absolute atomic E-state index is 9.73. The molecular weight excluding hydrogens is 324 g/mol. The lowest BCUT2D eigenvalue weighted by Gasteiger charge is -2.46. The molecule has 4 unspecified atom stereocenters. The summed E-state index contributed by atoms with van der Waals surface area (Å²) in [6, 6.07) is 0. The summed E-state index contributed by atoms with van der Waals surface area (Å²) in [5.74, 6) is -0.370. The Hall–Kier alpha value is -1.66. The average molecular weight is 354 g/mol. The fourth-order valence-electron chi connectivity index (χ4n) is 5.07. The molecular formula is C19H30O6. The molecule has 3 fully saturated rings. The summed E-state index contributed by atoms with van der Waals surface area (Å²) < 4.78 is 0. The third kappa shape index (κ3) is 4.12. The molecule has 6 nitrogen and oxygen atoms in total. The van der Waals surface area contributed by atoms with Crippen LogP contribution < -0.4 is 0 Å². The highest BCUT2D eigenvalue weighted by molar-refractivity contribution is 5.84. The number of carboxylic acid groups (broad SMARTS) is 2. The molecule has 0 heterocycles. The third-order valence-corrected chi connectivity index (χ3v) is 6.24. The highest BCUT2D eigenvalue weighted by atomic mass is 16.4. The second kappa shape index (κ2) is 8.63. The largest absolute Gasteiger partial charge is 0.478 e. The first-order valence-electron chi connectivity index (χ1n) is 8.65. The highest BCUT2D eigenvalue weighted by Crippen LogP contribution is 2.72. The zero-order valence-corrected chi connectivity index (χ0v) is 14.9. The van der Waals surface area contributed by atoms with Crippen molar-refractivity contribution in [1.82, 2.24) is 0 Å². The van der Waals surface area contributed by atoms with E-state index in [2.05, 4.69) is 13.2 Å².